The minimum absolute atomic E-state index is 0.0106. The van der Waals surface area contributed by atoms with Crippen LogP contribution in [0.25, 0.3) is 5.95 Å². The average Bonchev–Trinajstić information content (AvgIpc) is 3.02. The summed E-state index contributed by atoms with van der Waals surface area (Å²) in [5.41, 5.74) is 3.31. The lowest BCUT2D eigenvalue weighted by atomic mass is 9.95. The third kappa shape index (κ3) is 3.75. The van der Waals surface area contributed by atoms with Crippen LogP contribution in [0.15, 0.2) is 10.9 Å². The predicted molar refractivity (Wildman–Crippen MR) is 107 cm³/mol. The largest absolute Gasteiger partial charge is 0.352 e. The Balaban J connectivity index is 1.70. The molecule has 2 aliphatic carbocycles. The summed E-state index contributed by atoms with van der Waals surface area (Å²) < 4.78 is 3.21. The first kappa shape index (κ1) is 18.9. The Bertz CT molecular complexity index is 937. The van der Waals surface area contributed by atoms with Crippen LogP contribution in [0.1, 0.15) is 67.6 Å². The smallest absolute Gasteiger partial charge is 0.258 e. The summed E-state index contributed by atoms with van der Waals surface area (Å²) in [6.07, 6.45) is 9.18. The van der Waals surface area contributed by atoms with Gasteiger partial charge in [0.05, 0.1) is 11.4 Å². The highest BCUT2D eigenvalue weighted by Crippen LogP contribution is 2.20. The number of rotatable bonds is 4. The minimum atomic E-state index is -0.116. The maximum absolute atomic E-state index is 13.3. The molecule has 7 nitrogen and oxygen atoms in total. The fourth-order valence-corrected chi connectivity index (χ4v) is 4.48. The van der Waals surface area contributed by atoms with E-state index >= 15 is 0 Å². The van der Waals surface area contributed by atoms with Gasteiger partial charge in [-0.25, -0.2) is 9.67 Å². The van der Waals surface area contributed by atoms with Gasteiger partial charge in [-0.3, -0.25) is 14.2 Å². The lowest BCUT2D eigenvalue weighted by molar-refractivity contribution is -0.122. The SMILES string of the molecule is Cc1cc(C)n(-c2nc3c(c(=O)n2CC(=O)NC2CCCCC2)CCCC3)n1. The van der Waals surface area contributed by atoms with Gasteiger partial charge in [0, 0.05) is 17.3 Å². The van der Waals surface area contributed by atoms with E-state index in [4.69, 9.17) is 4.98 Å². The van der Waals surface area contributed by atoms with Crippen LogP contribution in [0.3, 0.4) is 0 Å². The van der Waals surface area contributed by atoms with Gasteiger partial charge >= 0.3 is 0 Å². The van der Waals surface area contributed by atoms with E-state index in [0.29, 0.717) is 5.95 Å². The second kappa shape index (κ2) is 7.89. The molecule has 1 amide bonds. The molecule has 2 aromatic rings. The van der Waals surface area contributed by atoms with Crippen molar-refractivity contribution >= 4 is 5.91 Å². The Labute approximate surface area is 165 Å². The number of carbonyl (C=O) groups excluding carboxylic acids is 1. The van der Waals surface area contributed by atoms with Crippen LogP contribution in [0.4, 0.5) is 0 Å². The maximum Gasteiger partial charge on any atom is 0.258 e. The molecule has 0 spiro atoms. The highest BCUT2D eigenvalue weighted by atomic mass is 16.2. The molecule has 2 aromatic heterocycles. The summed E-state index contributed by atoms with van der Waals surface area (Å²) in [5, 5.41) is 7.63. The molecule has 0 saturated heterocycles. The summed E-state index contributed by atoms with van der Waals surface area (Å²) in [4.78, 5) is 30.8. The molecular formula is C21H29N5O2. The summed E-state index contributed by atoms with van der Waals surface area (Å²) in [5.74, 6) is 0.337. The molecule has 0 unspecified atom stereocenters. The Morgan fingerprint density at radius 1 is 1.14 bits per heavy atom. The topological polar surface area (TPSA) is 81.8 Å². The number of amides is 1. The van der Waals surface area contributed by atoms with Crippen molar-refractivity contribution in [3.63, 3.8) is 0 Å². The third-order valence-corrected chi connectivity index (χ3v) is 5.89. The fraction of sp³-hybridized carbons (Fsp3) is 0.619. The van der Waals surface area contributed by atoms with Crippen molar-refractivity contribution in [3.8, 4) is 5.95 Å². The van der Waals surface area contributed by atoms with Gasteiger partial charge in [0.2, 0.25) is 11.9 Å². The first-order valence-corrected chi connectivity index (χ1v) is 10.5. The molecule has 1 N–H and O–H groups in total. The predicted octanol–water partition coefficient (Wildman–Crippen LogP) is 2.37. The van der Waals surface area contributed by atoms with Crippen molar-refractivity contribution in [3.05, 3.63) is 39.1 Å². The normalized spacial score (nSPS) is 17.4. The van der Waals surface area contributed by atoms with Crippen LogP contribution < -0.4 is 10.9 Å². The van der Waals surface area contributed by atoms with Gasteiger partial charge < -0.3 is 5.32 Å². The zero-order valence-corrected chi connectivity index (χ0v) is 16.8. The molecule has 0 atom stereocenters. The molecule has 7 heteroatoms. The first-order chi connectivity index (χ1) is 13.5. The van der Waals surface area contributed by atoms with Crippen LogP contribution >= 0.6 is 0 Å². The number of aromatic nitrogens is 4. The number of hydrogen-bond acceptors (Lipinski definition) is 4. The van der Waals surface area contributed by atoms with Gasteiger partial charge in [-0.05, 0) is 58.4 Å². The number of fused-ring (bicyclic) bond motifs is 1. The summed E-state index contributed by atoms with van der Waals surface area (Å²) in [6.45, 7) is 3.85. The fourth-order valence-electron chi connectivity index (χ4n) is 4.48. The van der Waals surface area contributed by atoms with Gasteiger partial charge in [0.1, 0.15) is 6.54 Å². The van der Waals surface area contributed by atoms with Gasteiger partial charge in [0.25, 0.3) is 5.56 Å². The zero-order valence-electron chi connectivity index (χ0n) is 16.8. The lowest BCUT2D eigenvalue weighted by Crippen LogP contribution is -2.42. The number of carbonyl (C=O) groups is 1. The highest BCUT2D eigenvalue weighted by Gasteiger charge is 2.24. The monoisotopic (exact) mass is 383 g/mol. The van der Waals surface area contributed by atoms with Crippen LogP contribution in [0.5, 0.6) is 0 Å². The molecule has 1 fully saturated rings. The summed E-state index contributed by atoms with van der Waals surface area (Å²) >= 11 is 0. The molecule has 1 saturated carbocycles. The van der Waals surface area contributed by atoms with Gasteiger partial charge in [-0.1, -0.05) is 19.3 Å². The van der Waals surface area contributed by atoms with E-state index in [2.05, 4.69) is 10.4 Å². The second-order valence-electron chi connectivity index (χ2n) is 8.18. The molecule has 2 aliphatic rings. The standard InChI is InChI=1S/C21H29N5O2/c1-14-12-15(2)26(24-14)21-23-18-11-7-6-10-17(18)20(28)25(21)13-19(27)22-16-8-4-3-5-9-16/h12,16H,3-11,13H2,1-2H3,(H,22,27). The van der Waals surface area contributed by atoms with Crippen molar-refractivity contribution < 1.29 is 4.79 Å². The number of hydrogen-bond donors (Lipinski definition) is 1. The second-order valence-corrected chi connectivity index (χ2v) is 8.18. The first-order valence-electron chi connectivity index (χ1n) is 10.5. The maximum atomic E-state index is 13.3. The van der Waals surface area contributed by atoms with Gasteiger partial charge in [0.15, 0.2) is 0 Å². The molecule has 0 aromatic carbocycles. The molecule has 28 heavy (non-hydrogen) atoms. The molecule has 4 rings (SSSR count). The summed E-state index contributed by atoms with van der Waals surface area (Å²) in [6, 6.07) is 2.18. The van der Waals surface area contributed by atoms with E-state index in [1.54, 1.807) is 4.68 Å². The number of nitrogens with one attached hydrogen (secondary N) is 1. The van der Waals surface area contributed by atoms with E-state index < -0.39 is 0 Å². The van der Waals surface area contributed by atoms with E-state index in [-0.39, 0.29) is 24.1 Å². The Morgan fingerprint density at radius 3 is 2.61 bits per heavy atom. The van der Waals surface area contributed by atoms with Crippen LogP contribution in [0, 0.1) is 13.8 Å². The van der Waals surface area contributed by atoms with E-state index in [1.807, 2.05) is 19.9 Å². The third-order valence-electron chi connectivity index (χ3n) is 5.89. The quantitative estimate of drug-likeness (QED) is 0.879. The molecular weight excluding hydrogens is 354 g/mol. The van der Waals surface area contributed by atoms with E-state index in [1.165, 1.54) is 11.0 Å². The van der Waals surface area contributed by atoms with E-state index in [9.17, 15) is 9.59 Å². The van der Waals surface area contributed by atoms with E-state index in [0.717, 1.165) is 74.0 Å². The molecule has 2 heterocycles. The van der Waals surface area contributed by atoms with Crippen LogP contribution in [-0.2, 0) is 24.2 Å². The lowest BCUT2D eigenvalue weighted by Gasteiger charge is -2.24. The Hall–Kier alpha value is -2.44. The van der Waals surface area contributed by atoms with Crippen molar-refractivity contribution in [2.45, 2.75) is 84.2 Å². The van der Waals surface area contributed by atoms with Gasteiger partial charge in [-0.2, -0.15) is 5.10 Å². The van der Waals surface area contributed by atoms with Crippen LogP contribution in [-0.4, -0.2) is 31.3 Å². The summed E-state index contributed by atoms with van der Waals surface area (Å²) in [7, 11) is 0. The highest BCUT2D eigenvalue weighted by molar-refractivity contribution is 5.76. The average molecular weight is 383 g/mol. The van der Waals surface area contributed by atoms with Gasteiger partial charge in [-0.15, -0.1) is 0 Å². The molecule has 0 aliphatic heterocycles. The van der Waals surface area contributed by atoms with Crippen LogP contribution in [0.2, 0.25) is 0 Å². The zero-order chi connectivity index (χ0) is 19.7. The van der Waals surface area contributed by atoms with Crippen molar-refractivity contribution in [2.75, 3.05) is 0 Å². The number of aryl methyl sites for hydroxylation is 3. The van der Waals surface area contributed by atoms with Crippen molar-refractivity contribution in [1.29, 1.82) is 0 Å². The Morgan fingerprint density at radius 2 is 1.89 bits per heavy atom. The molecule has 150 valence electrons. The molecule has 0 radical (unpaired) electrons. The minimum Gasteiger partial charge on any atom is -0.352 e. The van der Waals surface area contributed by atoms with Crippen molar-refractivity contribution in [2.24, 2.45) is 0 Å². The van der Waals surface area contributed by atoms with Crippen molar-refractivity contribution in [1.82, 2.24) is 24.6 Å². The molecule has 0 bridgehead atoms. The number of nitrogens with zero attached hydrogens (tertiary/aromatic N) is 4. The Kier molecular flexibility index (Phi) is 5.33.